The van der Waals surface area contributed by atoms with E-state index in [-0.39, 0.29) is 0 Å². The average molecular weight is 757 g/mol. The number of aromatic nitrogens is 2. The normalized spacial score (nSPS) is 12.1. The summed E-state index contributed by atoms with van der Waals surface area (Å²) in [5, 5.41) is 9.77. The van der Waals surface area contributed by atoms with E-state index in [9.17, 15) is 0 Å². The van der Waals surface area contributed by atoms with Crippen LogP contribution in [0.15, 0.2) is 199 Å². The van der Waals surface area contributed by atoms with Crippen LogP contribution in [0.1, 0.15) is 0 Å². The van der Waals surface area contributed by atoms with Gasteiger partial charge in [-0.15, -0.1) is 11.3 Å². The molecule has 0 saturated heterocycles. The van der Waals surface area contributed by atoms with Crippen molar-refractivity contribution in [2.75, 3.05) is 0 Å². The van der Waals surface area contributed by atoms with E-state index in [1.54, 1.807) is 0 Å². The SMILES string of the molecule is c1ccc(-n2c3ccccc3c3ccc(-c4ccc5c6ccccc6n(-c6cc(-c7cccc8c7oc7ccccc78)c7sc8ccccc8c7c6)c5c4)cc32)cc1. The molecule has 0 radical (unpaired) electrons. The predicted octanol–water partition coefficient (Wildman–Crippen LogP) is 15.5. The molecule has 4 aromatic heterocycles. The van der Waals surface area contributed by atoms with Crippen molar-refractivity contribution < 1.29 is 4.42 Å². The first-order valence-corrected chi connectivity index (χ1v) is 20.6. The average Bonchev–Trinajstić information content (AvgIpc) is 4.04. The van der Waals surface area contributed by atoms with Crippen molar-refractivity contribution in [2.45, 2.75) is 0 Å². The molecule has 0 fully saturated rings. The van der Waals surface area contributed by atoms with Gasteiger partial charge in [-0.2, -0.15) is 0 Å². The molecular weight excluding hydrogens is 725 g/mol. The summed E-state index contributed by atoms with van der Waals surface area (Å²) in [4.78, 5) is 0. The Morgan fingerprint density at radius 2 is 0.914 bits per heavy atom. The van der Waals surface area contributed by atoms with Crippen LogP contribution >= 0.6 is 11.3 Å². The van der Waals surface area contributed by atoms with Crippen molar-refractivity contribution in [3.63, 3.8) is 0 Å². The van der Waals surface area contributed by atoms with Crippen molar-refractivity contribution in [2.24, 2.45) is 0 Å². The Labute approximate surface area is 336 Å². The van der Waals surface area contributed by atoms with Gasteiger partial charge in [0.1, 0.15) is 11.2 Å². The molecule has 0 unspecified atom stereocenters. The maximum atomic E-state index is 6.68. The highest BCUT2D eigenvalue weighted by molar-refractivity contribution is 7.26. The Kier molecular flexibility index (Phi) is 6.60. The van der Waals surface area contributed by atoms with Crippen LogP contribution in [-0.2, 0) is 0 Å². The van der Waals surface area contributed by atoms with Gasteiger partial charge in [0.2, 0.25) is 0 Å². The van der Waals surface area contributed by atoms with Crippen LogP contribution in [0.5, 0.6) is 0 Å². The summed E-state index contributed by atoms with van der Waals surface area (Å²) in [5.74, 6) is 0. The van der Waals surface area contributed by atoms with Gasteiger partial charge in [0.25, 0.3) is 0 Å². The molecule has 0 N–H and O–H groups in total. The quantitative estimate of drug-likeness (QED) is 0.175. The second-order valence-corrected chi connectivity index (χ2v) is 16.3. The number of para-hydroxylation sites is 5. The Bertz CT molecular complexity index is 3800. The lowest BCUT2D eigenvalue weighted by Gasteiger charge is -2.13. The van der Waals surface area contributed by atoms with E-state index in [1.807, 2.05) is 17.4 Å². The summed E-state index contributed by atoms with van der Waals surface area (Å²) >= 11 is 1.86. The lowest BCUT2D eigenvalue weighted by molar-refractivity contribution is 0.670. The van der Waals surface area contributed by atoms with E-state index in [2.05, 4.69) is 197 Å². The van der Waals surface area contributed by atoms with Crippen LogP contribution < -0.4 is 0 Å². The first-order chi connectivity index (χ1) is 28.8. The molecule has 270 valence electrons. The predicted molar refractivity (Wildman–Crippen MR) is 246 cm³/mol. The third-order valence-electron chi connectivity index (χ3n) is 12.1. The van der Waals surface area contributed by atoms with Gasteiger partial charge in [-0.3, -0.25) is 0 Å². The number of thiophene rings is 1. The lowest BCUT2D eigenvalue weighted by Crippen LogP contribution is -1.95. The molecule has 0 aliphatic carbocycles. The largest absolute Gasteiger partial charge is 0.455 e. The maximum absolute atomic E-state index is 6.68. The zero-order valence-electron chi connectivity index (χ0n) is 31.2. The highest BCUT2D eigenvalue weighted by Crippen LogP contribution is 2.46. The van der Waals surface area contributed by atoms with Crippen LogP contribution in [0.2, 0.25) is 0 Å². The van der Waals surface area contributed by atoms with Crippen LogP contribution in [-0.4, -0.2) is 9.13 Å². The smallest absolute Gasteiger partial charge is 0.143 e. The summed E-state index contributed by atoms with van der Waals surface area (Å²) in [5.41, 5.74) is 13.5. The number of benzene rings is 9. The van der Waals surface area contributed by atoms with E-state index >= 15 is 0 Å². The number of hydrogen-bond acceptors (Lipinski definition) is 2. The second-order valence-electron chi connectivity index (χ2n) is 15.3. The van der Waals surface area contributed by atoms with E-state index in [4.69, 9.17) is 4.42 Å². The van der Waals surface area contributed by atoms with E-state index in [0.717, 1.165) is 38.9 Å². The minimum Gasteiger partial charge on any atom is -0.455 e. The van der Waals surface area contributed by atoms with Gasteiger partial charge in [-0.25, -0.2) is 0 Å². The van der Waals surface area contributed by atoms with Crippen LogP contribution in [0.3, 0.4) is 0 Å². The van der Waals surface area contributed by atoms with Gasteiger partial charge in [0.05, 0.1) is 22.1 Å². The molecule has 0 aliphatic rings. The topological polar surface area (TPSA) is 23.0 Å². The third kappa shape index (κ3) is 4.49. The van der Waals surface area contributed by atoms with Crippen LogP contribution in [0, 0.1) is 0 Å². The first-order valence-electron chi connectivity index (χ1n) is 19.8. The zero-order valence-corrected chi connectivity index (χ0v) is 32.0. The first kappa shape index (κ1) is 31.8. The van der Waals surface area contributed by atoms with Gasteiger partial charge in [-0.1, -0.05) is 133 Å². The fourth-order valence-electron chi connectivity index (χ4n) is 9.53. The van der Waals surface area contributed by atoms with Crippen molar-refractivity contribution in [3.8, 4) is 33.6 Å². The van der Waals surface area contributed by atoms with Crippen molar-refractivity contribution in [1.82, 2.24) is 9.13 Å². The summed E-state index contributed by atoms with van der Waals surface area (Å²) in [6, 6.07) is 70.7. The molecule has 4 heterocycles. The number of hydrogen-bond donors (Lipinski definition) is 0. The molecule has 13 rings (SSSR count). The Morgan fingerprint density at radius 3 is 1.64 bits per heavy atom. The second kappa shape index (κ2) is 12.1. The van der Waals surface area contributed by atoms with Gasteiger partial charge >= 0.3 is 0 Å². The standard InChI is InChI=1S/C54H32N2OS/c1-2-13-35(14-3-1)55-47-21-8-4-15-37(47)39-27-25-33(29-49(39)55)34-26-28-40-38-16-5-9-22-48(38)56(50(40)30-34)36-31-45-42-18-7-11-24-52(42)58-54(45)46(32-36)44-20-12-19-43-41-17-6-10-23-51(41)57-53(43)44/h1-32H. The van der Waals surface area contributed by atoms with Crippen LogP contribution in [0.25, 0.3) is 119 Å². The maximum Gasteiger partial charge on any atom is 0.143 e. The summed E-state index contributed by atoms with van der Waals surface area (Å²) in [6.45, 7) is 0. The molecule has 0 spiro atoms. The molecule has 0 bridgehead atoms. The number of rotatable bonds is 4. The molecule has 58 heavy (non-hydrogen) atoms. The zero-order chi connectivity index (χ0) is 37.9. The minimum atomic E-state index is 0.908. The molecule has 0 atom stereocenters. The number of furan rings is 1. The minimum absolute atomic E-state index is 0.908. The van der Waals surface area contributed by atoms with E-state index in [0.29, 0.717) is 0 Å². The molecule has 4 heteroatoms. The fourth-order valence-corrected chi connectivity index (χ4v) is 10.7. The number of fused-ring (bicyclic) bond motifs is 12. The molecule has 0 saturated carbocycles. The molecule has 13 aromatic rings. The third-order valence-corrected chi connectivity index (χ3v) is 13.3. The molecule has 3 nitrogen and oxygen atoms in total. The van der Waals surface area contributed by atoms with Gasteiger partial charge in [0.15, 0.2) is 0 Å². The highest BCUT2D eigenvalue weighted by Gasteiger charge is 2.21. The Morgan fingerprint density at radius 1 is 0.345 bits per heavy atom. The number of nitrogens with zero attached hydrogens (tertiary/aromatic N) is 2. The van der Waals surface area contributed by atoms with Crippen molar-refractivity contribution in [3.05, 3.63) is 194 Å². The van der Waals surface area contributed by atoms with Crippen molar-refractivity contribution >= 4 is 97.1 Å². The molecule has 0 aliphatic heterocycles. The molecular formula is C54H32N2OS. The summed E-state index contributed by atoms with van der Waals surface area (Å²) in [7, 11) is 0. The Hall–Kier alpha value is -7.40. The Balaban J connectivity index is 1.08. The van der Waals surface area contributed by atoms with Gasteiger partial charge in [-0.05, 0) is 71.8 Å². The molecule has 9 aromatic carbocycles. The van der Waals surface area contributed by atoms with Crippen LogP contribution in [0.4, 0.5) is 0 Å². The fraction of sp³-hybridized carbons (Fsp3) is 0. The van der Waals surface area contributed by atoms with Gasteiger partial charge < -0.3 is 13.6 Å². The highest BCUT2D eigenvalue weighted by atomic mass is 32.1. The van der Waals surface area contributed by atoms with E-state index < -0.39 is 0 Å². The van der Waals surface area contributed by atoms with E-state index in [1.165, 1.54) is 80.5 Å². The van der Waals surface area contributed by atoms with Crippen molar-refractivity contribution in [1.29, 1.82) is 0 Å². The summed E-state index contributed by atoms with van der Waals surface area (Å²) < 4.78 is 14.1. The summed E-state index contributed by atoms with van der Waals surface area (Å²) in [6.07, 6.45) is 0. The van der Waals surface area contributed by atoms with Gasteiger partial charge in [0, 0.05) is 75.0 Å². The lowest BCUT2D eigenvalue weighted by atomic mass is 9.99. The monoisotopic (exact) mass is 756 g/mol. The molecule has 0 amide bonds.